The van der Waals surface area contributed by atoms with Gasteiger partial charge in [0.15, 0.2) is 6.61 Å². The molecule has 0 spiro atoms. The van der Waals surface area contributed by atoms with E-state index in [0.29, 0.717) is 23.7 Å². The van der Waals surface area contributed by atoms with Crippen molar-refractivity contribution in [1.29, 1.82) is 0 Å². The van der Waals surface area contributed by atoms with Gasteiger partial charge in [0.2, 0.25) is 0 Å². The number of hydrogen-bond donors (Lipinski definition) is 1. The quantitative estimate of drug-likeness (QED) is 0.750. The van der Waals surface area contributed by atoms with Gasteiger partial charge in [-0.1, -0.05) is 45.0 Å². The van der Waals surface area contributed by atoms with Crippen LogP contribution >= 0.6 is 0 Å². The molecule has 1 heterocycles. The number of rotatable bonds is 3. The number of carbonyl (C=O) groups excluding carboxylic acids is 2. The number of benzene rings is 2. The molecule has 1 aliphatic heterocycles. The van der Waals surface area contributed by atoms with E-state index in [-0.39, 0.29) is 17.9 Å². The molecule has 0 saturated carbocycles. The number of carbonyl (C=O) groups is 2. The molecule has 1 N–H and O–H groups in total. The van der Waals surface area contributed by atoms with E-state index < -0.39 is 11.7 Å². The summed E-state index contributed by atoms with van der Waals surface area (Å²) in [7, 11) is 0. The molecular formula is C24H30N2O4. The first-order chi connectivity index (χ1) is 13.9. The van der Waals surface area contributed by atoms with Gasteiger partial charge in [0.25, 0.3) is 5.91 Å². The molecule has 6 nitrogen and oxygen atoms in total. The Morgan fingerprint density at radius 3 is 2.33 bits per heavy atom. The number of hydrogen-bond acceptors (Lipinski definition) is 4. The Kier molecular flexibility index (Phi) is 5.79. The minimum absolute atomic E-state index is 0.00802. The lowest BCUT2D eigenvalue weighted by Gasteiger charge is -2.30. The molecular weight excluding hydrogens is 380 g/mol. The fourth-order valence-corrected chi connectivity index (χ4v) is 3.17. The average Bonchev–Trinajstić information content (AvgIpc) is 2.62. The van der Waals surface area contributed by atoms with Crippen LogP contribution in [0, 0.1) is 0 Å². The van der Waals surface area contributed by atoms with Crippen molar-refractivity contribution in [3.8, 4) is 5.75 Å². The minimum atomic E-state index is -0.595. The zero-order chi connectivity index (χ0) is 22.1. The highest BCUT2D eigenvalue weighted by molar-refractivity contribution is 5.99. The molecule has 0 unspecified atom stereocenters. The van der Waals surface area contributed by atoms with Gasteiger partial charge in [0.1, 0.15) is 11.4 Å². The van der Waals surface area contributed by atoms with Crippen molar-refractivity contribution in [2.24, 2.45) is 0 Å². The van der Waals surface area contributed by atoms with Crippen LogP contribution < -0.4 is 15.0 Å². The Labute approximate surface area is 178 Å². The second kappa shape index (κ2) is 8.01. The smallest absolute Gasteiger partial charge is 0.412 e. The maximum absolute atomic E-state index is 12.6. The third-order valence-corrected chi connectivity index (χ3v) is 4.71. The first kappa shape index (κ1) is 21.7. The Balaban J connectivity index is 1.82. The summed E-state index contributed by atoms with van der Waals surface area (Å²) in [6, 6.07) is 13.5. The summed E-state index contributed by atoms with van der Waals surface area (Å²) in [6.45, 7) is 12.3. The lowest BCUT2D eigenvalue weighted by molar-refractivity contribution is -0.121. The van der Waals surface area contributed by atoms with Gasteiger partial charge in [-0.05, 0) is 55.5 Å². The number of anilines is 2. The van der Waals surface area contributed by atoms with Crippen LogP contribution in [0.5, 0.6) is 5.75 Å². The van der Waals surface area contributed by atoms with Crippen molar-refractivity contribution in [2.45, 2.75) is 59.1 Å². The molecule has 30 heavy (non-hydrogen) atoms. The Bertz CT molecular complexity index is 937. The number of nitrogens with one attached hydrogen (secondary N) is 1. The molecule has 160 valence electrons. The molecule has 0 atom stereocenters. The maximum Gasteiger partial charge on any atom is 0.412 e. The summed E-state index contributed by atoms with van der Waals surface area (Å²) >= 11 is 0. The van der Waals surface area contributed by atoms with Crippen molar-refractivity contribution in [3.05, 3.63) is 53.6 Å². The molecule has 0 aromatic heterocycles. The Morgan fingerprint density at radius 1 is 1.07 bits per heavy atom. The summed E-state index contributed by atoms with van der Waals surface area (Å²) in [5.41, 5.74) is 2.90. The van der Waals surface area contributed by atoms with Gasteiger partial charge in [-0.3, -0.25) is 10.1 Å². The fraction of sp³-hybridized carbons (Fsp3) is 0.417. The van der Waals surface area contributed by atoms with Gasteiger partial charge < -0.3 is 14.4 Å². The monoisotopic (exact) mass is 410 g/mol. The van der Waals surface area contributed by atoms with Crippen molar-refractivity contribution in [2.75, 3.05) is 16.8 Å². The molecule has 2 amide bonds. The zero-order valence-electron chi connectivity index (χ0n) is 18.5. The SMILES string of the molecule is CC(C)(C)OC(=O)Nc1ccc2c(c1)N(Cc1ccc(C(C)(C)C)cc1)C(=O)CO2. The van der Waals surface area contributed by atoms with Crippen LogP contribution in [-0.4, -0.2) is 24.2 Å². The Hall–Kier alpha value is -3.02. The summed E-state index contributed by atoms with van der Waals surface area (Å²) in [5, 5.41) is 2.72. The van der Waals surface area contributed by atoms with Gasteiger partial charge in [-0.15, -0.1) is 0 Å². The van der Waals surface area contributed by atoms with E-state index in [1.165, 1.54) is 5.56 Å². The van der Waals surface area contributed by atoms with Crippen LogP contribution in [0.1, 0.15) is 52.7 Å². The van der Waals surface area contributed by atoms with Crippen LogP contribution in [0.15, 0.2) is 42.5 Å². The highest BCUT2D eigenvalue weighted by Gasteiger charge is 2.27. The van der Waals surface area contributed by atoms with Crippen LogP contribution in [-0.2, 0) is 21.5 Å². The van der Waals surface area contributed by atoms with Gasteiger partial charge in [0, 0.05) is 5.69 Å². The van der Waals surface area contributed by atoms with E-state index in [9.17, 15) is 9.59 Å². The number of nitrogens with zero attached hydrogens (tertiary/aromatic N) is 1. The maximum atomic E-state index is 12.6. The molecule has 0 bridgehead atoms. The van der Waals surface area contributed by atoms with Crippen molar-refractivity contribution in [3.63, 3.8) is 0 Å². The molecule has 3 rings (SSSR count). The molecule has 1 aliphatic rings. The number of amides is 2. The Morgan fingerprint density at radius 2 is 1.73 bits per heavy atom. The van der Waals surface area contributed by atoms with Crippen molar-refractivity contribution >= 4 is 23.4 Å². The van der Waals surface area contributed by atoms with E-state index in [1.54, 1.807) is 43.9 Å². The van der Waals surface area contributed by atoms with E-state index in [4.69, 9.17) is 9.47 Å². The molecule has 0 radical (unpaired) electrons. The molecule has 0 fully saturated rings. The second-order valence-electron chi connectivity index (χ2n) is 9.52. The largest absolute Gasteiger partial charge is 0.482 e. The molecule has 6 heteroatoms. The zero-order valence-corrected chi connectivity index (χ0v) is 18.5. The predicted octanol–water partition coefficient (Wildman–Crippen LogP) is 5.26. The lowest BCUT2D eigenvalue weighted by atomic mass is 9.87. The first-order valence-corrected chi connectivity index (χ1v) is 10.1. The second-order valence-corrected chi connectivity index (χ2v) is 9.52. The average molecular weight is 411 g/mol. The summed E-state index contributed by atoms with van der Waals surface area (Å²) < 4.78 is 10.9. The highest BCUT2D eigenvalue weighted by Crippen LogP contribution is 2.36. The van der Waals surface area contributed by atoms with Crippen molar-refractivity contribution < 1.29 is 19.1 Å². The molecule has 0 aliphatic carbocycles. The lowest BCUT2D eigenvalue weighted by Crippen LogP contribution is -2.38. The van der Waals surface area contributed by atoms with Crippen LogP contribution in [0.25, 0.3) is 0 Å². The van der Waals surface area contributed by atoms with Gasteiger partial charge >= 0.3 is 6.09 Å². The summed E-state index contributed by atoms with van der Waals surface area (Å²) in [6.07, 6.45) is -0.546. The van der Waals surface area contributed by atoms with Gasteiger partial charge in [0.05, 0.1) is 12.2 Å². The van der Waals surface area contributed by atoms with Crippen LogP contribution in [0.2, 0.25) is 0 Å². The minimum Gasteiger partial charge on any atom is -0.482 e. The number of fused-ring (bicyclic) bond motifs is 1. The summed E-state index contributed by atoms with van der Waals surface area (Å²) in [4.78, 5) is 26.4. The van der Waals surface area contributed by atoms with E-state index in [0.717, 1.165) is 5.56 Å². The third-order valence-electron chi connectivity index (χ3n) is 4.71. The van der Waals surface area contributed by atoms with Crippen LogP contribution in [0.4, 0.5) is 16.2 Å². The highest BCUT2D eigenvalue weighted by atomic mass is 16.6. The standard InChI is InChI=1S/C24H30N2O4/c1-23(2,3)17-9-7-16(8-10-17)14-26-19-13-18(25-22(28)30-24(4,5)6)11-12-20(19)29-15-21(26)27/h7-13H,14-15H2,1-6H3,(H,25,28). The third kappa shape index (κ3) is 5.32. The fourth-order valence-electron chi connectivity index (χ4n) is 3.17. The first-order valence-electron chi connectivity index (χ1n) is 10.1. The normalized spacial score (nSPS) is 14.1. The van der Waals surface area contributed by atoms with Crippen LogP contribution in [0.3, 0.4) is 0 Å². The number of ether oxygens (including phenoxy) is 2. The van der Waals surface area contributed by atoms with E-state index in [1.807, 2.05) is 12.1 Å². The van der Waals surface area contributed by atoms with E-state index >= 15 is 0 Å². The predicted molar refractivity (Wildman–Crippen MR) is 118 cm³/mol. The van der Waals surface area contributed by atoms with Gasteiger partial charge in [-0.25, -0.2) is 4.79 Å². The van der Waals surface area contributed by atoms with Crippen molar-refractivity contribution in [1.82, 2.24) is 0 Å². The molecule has 2 aromatic carbocycles. The molecule has 2 aromatic rings. The topological polar surface area (TPSA) is 67.9 Å². The molecule has 0 saturated heterocycles. The summed E-state index contributed by atoms with van der Waals surface area (Å²) in [5.74, 6) is 0.479. The van der Waals surface area contributed by atoms with Gasteiger partial charge in [-0.2, -0.15) is 0 Å². The van der Waals surface area contributed by atoms with E-state index in [2.05, 4.69) is 38.2 Å².